The van der Waals surface area contributed by atoms with Crippen LogP contribution in [0.1, 0.15) is 11.1 Å². The summed E-state index contributed by atoms with van der Waals surface area (Å²) < 4.78 is 25.4. The zero-order valence-corrected chi connectivity index (χ0v) is 18.0. The summed E-state index contributed by atoms with van der Waals surface area (Å²) in [6.45, 7) is 1.22. The van der Waals surface area contributed by atoms with Gasteiger partial charge in [-0.05, 0) is 23.6 Å². The van der Waals surface area contributed by atoms with Crippen LogP contribution in [0.25, 0.3) is 0 Å². The van der Waals surface area contributed by atoms with Gasteiger partial charge in [0.05, 0.1) is 11.9 Å². The van der Waals surface area contributed by atoms with E-state index in [0.717, 1.165) is 24.8 Å². The van der Waals surface area contributed by atoms with E-state index in [4.69, 9.17) is 0 Å². The maximum absolute atomic E-state index is 11.5. The molecule has 2 aromatic carbocycles. The predicted octanol–water partition coefficient (Wildman–Crippen LogP) is 2.58. The van der Waals surface area contributed by atoms with Crippen LogP contribution in [0.5, 0.6) is 0 Å². The molecule has 0 saturated carbocycles. The fourth-order valence-corrected chi connectivity index (χ4v) is 2.94. The van der Waals surface area contributed by atoms with Crippen LogP contribution in [0.2, 0.25) is 0 Å². The van der Waals surface area contributed by atoms with Crippen LogP contribution in [-0.4, -0.2) is 34.2 Å². The molecule has 142 valence electrons. The van der Waals surface area contributed by atoms with Crippen molar-refractivity contribution in [2.24, 2.45) is 4.99 Å². The van der Waals surface area contributed by atoms with Gasteiger partial charge in [-0.25, -0.2) is 8.42 Å². The van der Waals surface area contributed by atoms with Gasteiger partial charge in [0.25, 0.3) is 0 Å². The second kappa shape index (κ2) is 11.0. The number of anilines is 1. The van der Waals surface area contributed by atoms with E-state index in [-0.39, 0.29) is 24.0 Å². The number of guanidine groups is 1. The van der Waals surface area contributed by atoms with Crippen molar-refractivity contribution < 1.29 is 8.42 Å². The van der Waals surface area contributed by atoms with Crippen molar-refractivity contribution in [2.75, 3.05) is 24.6 Å². The first kappa shape index (κ1) is 22.2. The number of rotatable bonds is 7. The van der Waals surface area contributed by atoms with Crippen molar-refractivity contribution in [1.29, 1.82) is 0 Å². The number of hydrogen-bond acceptors (Lipinski definition) is 3. The highest BCUT2D eigenvalue weighted by Gasteiger charge is 2.07. The van der Waals surface area contributed by atoms with Crippen molar-refractivity contribution in [3.8, 4) is 0 Å². The highest BCUT2D eigenvalue weighted by atomic mass is 127. The molecular formula is C18H25IN4O2S. The van der Waals surface area contributed by atoms with E-state index in [0.29, 0.717) is 18.2 Å². The van der Waals surface area contributed by atoms with Crippen molar-refractivity contribution in [3.05, 3.63) is 65.7 Å². The molecule has 6 nitrogen and oxygen atoms in total. The van der Waals surface area contributed by atoms with Gasteiger partial charge >= 0.3 is 0 Å². The second-order valence-electron chi connectivity index (χ2n) is 5.62. The molecule has 0 aliphatic rings. The molecule has 2 aromatic rings. The standard InChI is InChI=1S/C18H24N4O2S.HI/c1-19-18(20-13-12-15-8-4-3-5-9-15)21-14-16-10-6-7-11-17(16)22-25(2,23)24;/h3-11,22H,12-14H2,1-2H3,(H2,19,20,21);1H. The van der Waals surface area contributed by atoms with Crippen LogP contribution in [0.15, 0.2) is 59.6 Å². The molecule has 0 fully saturated rings. The van der Waals surface area contributed by atoms with Crippen LogP contribution < -0.4 is 15.4 Å². The Morgan fingerprint density at radius 3 is 2.31 bits per heavy atom. The van der Waals surface area contributed by atoms with Crippen LogP contribution >= 0.6 is 24.0 Å². The number of nitrogens with one attached hydrogen (secondary N) is 3. The Kier molecular flexibility index (Phi) is 9.42. The van der Waals surface area contributed by atoms with E-state index in [2.05, 4.69) is 32.5 Å². The Morgan fingerprint density at radius 2 is 1.65 bits per heavy atom. The van der Waals surface area contributed by atoms with Gasteiger partial charge in [-0.3, -0.25) is 9.71 Å². The highest BCUT2D eigenvalue weighted by molar-refractivity contribution is 14.0. The molecule has 0 atom stereocenters. The summed E-state index contributed by atoms with van der Waals surface area (Å²) in [6, 6.07) is 17.5. The normalized spacial score (nSPS) is 11.4. The van der Waals surface area contributed by atoms with Crippen molar-refractivity contribution in [3.63, 3.8) is 0 Å². The van der Waals surface area contributed by atoms with Crippen molar-refractivity contribution >= 4 is 45.6 Å². The molecule has 2 rings (SSSR count). The van der Waals surface area contributed by atoms with Gasteiger partial charge in [0.2, 0.25) is 10.0 Å². The van der Waals surface area contributed by atoms with Crippen molar-refractivity contribution in [2.45, 2.75) is 13.0 Å². The Balaban J connectivity index is 0.00000338. The van der Waals surface area contributed by atoms with Crippen LogP contribution in [0, 0.1) is 0 Å². The number of sulfonamides is 1. The molecule has 26 heavy (non-hydrogen) atoms. The third-order valence-electron chi connectivity index (χ3n) is 3.53. The molecule has 0 heterocycles. The van der Waals surface area contributed by atoms with Gasteiger partial charge in [-0.15, -0.1) is 24.0 Å². The molecule has 0 aliphatic heterocycles. The lowest BCUT2D eigenvalue weighted by Gasteiger charge is -2.14. The van der Waals surface area contributed by atoms with E-state index in [1.807, 2.05) is 30.3 Å². The van der Waals surface area contributed by atoms with Crippen LogP contribution in [0.4, 0.5) is 5.69 Å². The number of halogens is 1. The van der Waals surface area contributed by atoms with Gasteiger partial charge in [0.1, 0.15) is 0 Å². The topological polar surface area (TPSA) is 82.6 Å². The third-order valence-corrected chi connectivity index (χ3v) is 4.12. The minimum absolute atomic E-state index is 0. The minimum atomic E-state index is -3.31. The average Bonchev–Trinajstić information content (AvgIpc) is 2.58. The lowest BCUT2D eigenvalue weighted by molar-refractivity contribution is 0.606. The summed E-state index contributed by atoms with van der Waals surface area (Å²) in [6.07, 6.45) is 2.04. The van der Waals surface area contributed by atoms with Crippen LogP contribution in [0.3, 0.4) is 0 Å². The summed E-state index contributed by atoms with van der Waals surface area (Å²) in [5.41, 5.74) is 2.67. The lowest BCUT2D eigenvalue weighted by Crippen LogP contribution is -2.38. The molecule has 0 spiro atoms. The van der Waals surface area contributed by atoms with E-state index in [1.54, 1.807) is 19.2 Å². The van der Waals surface area contributed by atoms with E-state index in [9.17, 15) is 8.42 Å². The molecule has 0 aliphatic carbocycles. The quantitative estimate of drug-likeness (QED) is 0.318. The molecule has 0 aromatic heterocycles. The number of nitrogens with zero attached hydrogens (tertiary/aromatic N) is 1. The summed E-state index contributed by atoms with van der Waals surface area (Å²) in [4.78, 5) is 4.19. The van der Waals surface area contributed by atoms with Gasteiger partial charge in [0.15, 0.2) is 5.96 Å². The second-order valence-corrected chi connectivity index (χ2v) is 7.37. The molecule has 0 amide bonds. The fraction of sp³-hybridized carbons (Fsp3) is 0.278. The molecule has 0 bridgehead atoms. The maximum atomic E-state index is 11.5. The third kappa shape index (κ3) is 8.05. The zero-order chi connectivity index (χ0) is 18.1. The molecule has 0 saturated heterocycles. The first-order valence-electron chi connectivity index (χ1n) is 8.02. The summed E-state index contributed by atoms with van der Waals surface area (Å²) in [5.74, 6) is 0.671. The van der Waals surface area contributed by atoms with Crippen LogP contribution in [-0.2, 0) is 23.0 Å². The van der Waals surface area contributed by atoms with E-state index < -0.39 is 10.0 Å². The van der Waals surface area contributed by atoms with Gasteiger partial charge < -0.3 is 10.6 Å². The summed E-state index contributed by atoms with van der Waals surface area (Å²) in [5, 5.41) is 6.46. The van der Waals surface area contributed by atoms with E-state index in [1.165, 1.54) is 5.56 Å². The minimum Gasteiger partial charge on any atom is -0.356 e. The SMILES string of the molecule is CN=C(NCCc1ccccc1)NCc1ccccc1NS(C)(=O)=O.I. The number of aliphatic imine (C=N–C) groups is 1. The van der Waals surface area contributed by atoms with Crippen molar-refractivity contribution in [1.82, 2.24) is 10.6 Å². The average molecular weight is 488 g/mol. The molecule has 8 heteroatoms. The molecular weight excluding hydrogens is 463 g/mol. The van der Waals surface area contributed by atoms with E-state index >= 15 is 0 Å². The fourth-order valence-electron chi connectivity index (χ4n) is 2.34. The Bertz CT molecular complexity index is 811. The first-order chi connectivity index (χ1) is 12.0. The Morgan fingerprint density at radius 1 is 1.00 bits per heavy atom. The predicted molar refractivity (Wildman–Crippen MR) is 119 cm³/mol. The first-order valence-corrected chi connectivity index (χ1v) is 9.91. The van der Waals surface area contributed by atoms with Gasteiger partial charge in [-0.1, -0.05) is 48.5 Å². The summed E-state index contributed by atoms with van der Waals surface area (Å²) in [7, 11) is -1.61. The maximum Gasteiger partial charge on any atom is 0.229 e. The summed E-state index contributed by atoms with van der Waals surface area (Å²) >= 11 is 0. The Hall–Kier alpha value is -1.81. The largest absolute Gasteiger partial charge is 0.356 e. The lowest BCUT2D eigenvalue weighted by atomic mass is 10.1. The van der Waals surface area contributed by atoms with Gasteiger partial charge in [-0.2, -0.15) is 0 Å². The number of hydrogen-bond donors (Lipinski definition) is 3. The molecule has 0 radical (unpaired) electrons. The van der Waals surface area contributed by atoms with Gasteiger partial charge in [0, 0.05) is 20.1 Å². The zero-order valence-electron chi connectivity index (χ0n) is 14.9. The molecule has 3 N–H and O–H groups in total. The Labute approximate surface area is 172 Å². The smallest absolute Gasteiger partial charge is 0.229 e. The number of para-hydroxylation sites is 1. The monoisotopic (exact) mass is 488 g/mol. The number of benzene rings is 2. The molecule has 0 unspecified atom stereocenters. The highest BCUT2D eigenvalue weighted by Crippen LogP contribution is 2.15.